The Hall–Kier alpha value is -3.08. The summed E-state index contributed by atoms with van der Waals surface area (Å²) in [6, 6.07) is 11.1. The maximum Gasteiger partial charge on any atom is 0.290 e. The van der Waals surface area contributed by atoms with E-state index in [1.54, 1.807) is 4.90 Å². The second kappa shape index (κ2) is 8.58. The highest BCUT2D eigenvalue weighted by Crippen LogP contribution is 2.39. The summed E-state index contributed by atoms with van der Waals surface area (Å²) in [6.07, 6.45) is 2.72. The number of aryl methyl sites for hydroxylation is 2. The van der Waals surface area contributed by atoms with Crippen molar-refractivity contribution in [2.24, 2.45) is 0 Å². The zero-order chi connectivity index (χ0) is 22.1. The average Bonchev–Trinajstić information content (AvgIpc) is 3.02. The lowest BCUT2D eigenvalue weighted by Gasteiger charge is -2.25. The first kappa shape index (κ1) is 21.2. The van der Waals surface area contributed by atoms with Crippen LogP contribution in [0.4, 0.5) is 0 Å². The van der Waals surface area contributed by atoms with Gasteiger partial charge in [0.05, 0.1) is 23.6 Å². The number of rotatable bonds is 7. The molecule has 0 radical (unpaired) electrons. The van der Waals surface area contributed by atoms with Gasteiger partial charge in [-0.2, -0.15) is 0 Å². The van der Waals surface area contributed by atoms with Crippen LogP contribution < -0.4 is 10.2 Å². The molecule has 2 heterocycles. The summed E-state index contributed by atoms with van der Waals surface area (Å²) in [5.74, 6) is 0.697. The number of ether oxygens (including phenoxy) is 1. The first-order valence-electron chi connectivity index (χ1n) is 11.1. The van der Waals surface area contributed by atoms with Gasteiger partial charge in [0, 0.05) is 6.54 Å². The summed E-state index contributed by atoms with van der Waals surface area (Å²) in [7, 11) is 0. The van der Waals surface area contributed by atoms with E-state index in [9.17, 15) is 9.59 Å². The van der Waals surface area contributed by atoms with Crippen LogP contribution in [-0.4, -0.2) is 24.0 Å². The minimum absolute atomic E-state index is 0.119. The summed E-state index contributed by atoms with van der Waals surface area (Å²) in [6.45, 7) is 9.21. The molecular formula is C26H29NO4. The maximum absolute atomic E-state index is 13.7. The molecule has 0 N–H and O–H groups in total. The van der Waals surface area contributed by atoms with Gasteiger partial charge in [-0.1, -0.05) is 38.5 Å². The standard InChI is InChI=1S/C26H29NO4/c1-5-7-11-27-23(18-9-8-10-19(15-18)30-12-6-2)22-24(28)21-17(4)13-16(3)14-20(21)31-25(22)26(27)29/h8-10,13-15,23H,5-7,11-12H2,1-4H3. The van der Waals surface area contributed by atoms with Crippen molar-refractivity contribution in [1.29, 1.82) is 0 Å². The third-order valence-electron chi connectivity index (χ3n) is 5.81. The van der Waals surface area contributed by atoms with Gasteiger partial charge in [0.2, 0.25) is 5.76 Å². The van der Waals surface area contributed by atoms with Gasteiger partial charge in [0.15, 0.2) is 5.43 Å². The van der Waals surface area contributed by atoms with Gasteiger partial charge in [-0.3, -0.25) is 9.59 Å². The van der Waals surface area contributed by atoms with E-state index in [0.717, 1.165) is 41.7 Å². The molecule has 0 spiro atoms. The molecule has 1 aliphatic rings. The Labute approximate surface area is 182 Å². The van der Waals surface area contributed by atoms with Crippen molar-refractivity contribution in [2.45, 2.75) is 53.0 Å². The molecule has 0 aliphatic carbocycles. The number of hydrogen-bond donors (Lipinski definition) is 0. The number of nitrogens with zero attached hydrogens (tertiary/aromatic N) is 1. The van der Waals surface area contributed by atoms with Crippen molar-refractivity contribution in [3.05, 3.63) is 74.6 Å². The third kappa shape index (κ3) is 3.73. The molecule has 0 fully saturated rings. The van der Waals surface area contributed by atoms with Crippen molar-refractivity contribution < 1.29 is 13.9 Å². The number of carbonyl (C=O) groups excluding carboxylic acids is 1. The second-order valence-electron chi connectivity index (χ2n) is 8.30. The number of hydrogen-bond acceptors (Lipinski definition) is 4. The fourth-order valence-electron chi connectivity index (χ4n) is 4.41. The molecule has 3 aromatic rings. The molecule has 5 heteroatoms. The lowest BCUT2D eigenvalue weighted by atomic mass is 9.96. The monoisotopic (exact) mass is 419 g/mol. The van der Waals surface area contributed by atoms with E-state index in [4.69, 9.17) is 9.15 Å². The van der Waals surface area contributed by atoms with Gasteiger partial charge in [-0.25, -0.2) is 0 Å². The number of carbonyl (C=O) groups is 1. The third-order valence-corrected chi connectivity index (χ3v) is 5.81. The Morgan fingerprint density at radius 2 is 1.87 bits per heavy atom. The molecule has 0 saturated heterocycles. The van der Waals surface area contributed by atoms with Crippen molar-refractivity contribution in [2.75, 3.05) is 13.2 Å². The zero-order valence-corrected chi connectivity index (χ0v) is 18.7. The van der Waals surface area contributed by atoms with E-state index in [1.807, 2.05) is 50.2 Å². The summed E-state index contributed by atoms with van der Waals surface area (Å²) in [5.41, 5.74) is 3.53. The predicted octanol–water partition coefficient (Wildman–Crippen LogP) is 5.54. The molecule has 0 saturated carbocycles. The van der Waals surface area contributed by atoms with Crippen LogP contribution in [0.1, 0.15) is 72.0 Å². The van der Waals surface area contributed by atoms with E-state index in [2.05, 4.69) is 13.8 Å². The Balaban J connectivity index is 1.93. The van der Waals surface area contributed by atoms with E-state index in [-0.39, 0.29) is 17.1 Å². The number of unbranched alkanes of at least 4 members (excludes halogenated alkanes) is 1. The molecule has 1 aliphatic heterocycles. The largest absolute Gasteiger partial charge is 0.494 e. The average molecular weight is 420 g/mol. The SMILES string of the molecule is CCCCN1C(=O)c2oc3cc(C)cc(C)c3c(=O)c2C1c1cccc(OCCC)c1. The molecule has 4 rings (SSSR count). The predicted molar refractivity (Wildman–Crippen MR) is 122 cm³/mol. The molecular weight excluding hydrogens is 390 g/mol. The van der Waals surface area contributed by atoms with Crippen molar-refractivity contribution in [3.8, 4) is 5.75 Å². The quantitative estimate of drug-likeness (QED) is 0.504. The van der Waals surface area contributed by atoms with Crippen molar-refractivity contribution in [3.63, 3.8) is 0 Å². The van der Waals surface area contributed by atoms with Crippen molar-refractivity contribution in [1.82, 2.24) is 4.90 Å². The highest BCUT2D eigenvalue weighted by Gasteiger charge is 2.42. The fourth-order valence-corrected chi connectivity index (χ4v) is 4.41. The zero-order valence-electron chi connectivity index (χ0n) is 18.7. The van der Waals surface area contributed by atoms with Crippen LogP contribution in [0.2, 0.25) is 0 Å². The molecule has 1 aromatic heterocycles. The Kier molecular flexibility index (Phi) is 5.86. The summed E-state index contributed by atoms with van der Waals surface area (Å²) in [5, 5.41) is 0.554. The van der Waals surface area contributed by atoms with Crippen LogP contribution >= 0.6 is 0 Å². The van der Waals surface area contributed by atoms with Crippen LogP contribution in [-0.2, 0) is 0 Å². The lowest BCUT2D eigenvalue weighted by Crippen LogP contribution is -2.30. The number of fused-ring (bicyclic) bond motifs is 2. The van der Waals surface area contributed by atoms with Crippen LogP contribution in [0.5, 0.6) is 5.75 Å². The van der Waals surface area contributed by atoms with Gasteiger partial charge >= 0.3 is 0 Å². The van der Waals surface area contributed by atoms with Gasteiger partial charge < -0.3 is 14.1 Å². The fraction of sp³-hybridized carbons (Fsp3) is 0.385. The number of benzene rings is 2. The van der Waals surface area contributed by atoms with E-state index in [0.29, 0.717) is 29.7 Å². The topological polar surface area (TPSA) is 59.8 Å². The molecule has 5 nitrogen and oxygen atoms in total. The highest BCUT2D eigenvalue weighted by atomic mass is 16.5. The minimum atomic E-state index is -0.472. The maximum atomic E-state index is 13.7. The highest BCUT2D eigenvalue weighted by molar-refractivity contribution is 5.99. The van der Waals surface area contributed by atoms with Crippen LogP contribution in [0.3, 0.4) is 0 Å². The molecule has 1 unspecified atom stereocenters. The van der Waals surface area contributed by atoms with Gasteiger partial charge in [-0.15, -0.1) is 0 Å². The molecule has 2 aromatic carbocycles. The van der Waals surface area contributed by atoms with E-state index >= 15 is 0 Å². The lowest BCUT2D eigenvalue weighted by molar-refractivity contribution is 0.0725. The Morgan fingerprint density at radius 3 is 2.61 bits per heavy atom. The summed E-state index contributed by atoms with van der Waals surface area (Å²) >= 11 is 0. The second-order valence-corrected chi connectivity index (χ2v) is 8.30. The molecule has 31 heavy (non-hydrogen) atoms. The van der Waals surface area contributed by atoms with E-state index in [1.165, 1.54) is 0 Å². The molecule has 1 atom stereocenters. The minimum Gasteiger partial charge on any atom is -0.494 e. The summed E-state index contributed by atoms with van der Waals surface area (Å²) < 4.78 is 11.9. The van der Waals surface area contributed by atoms with Crippen LogP contribution in [0.15, 0.2) is 45.6 Å². The van der Waals surface area contributed by atoms with Crippen molar-refractivity contribution >= 4 is 16.9 Å². The van der Waals surface area contributed by atoms with Gasteiger partial charge in [0.25, 0.3) is 5.91 Å². The normalized spacial score (nSPS) is 15.5. The molecule has 0 bridgehead atoms. The smallest absolute Gasteiger partial charge is 0.290 e. The Morgan fingerprint density at radius 1 is 1.06 bits per heavy atom. The molecule has 1 amide bonds. The van der Waals surface area contributed by atoms with Gasteiger partial charge in [-0.05, 0) is 61.6 Å². The van der Waals surface area contributed by atoms with Crippen LogP contribution in [0, 0.1) is 13.8 Å². The first-order chi connectivity index (χ1) is 15.0. The number of amides is 1. The van der Waals surface area contributed by atoms with Crippen LogP contribution in [0.25, 0.3) is 11.0 Å². The molecule has 162 valence electrons. The Bertz CT molecular complexity index is 1190. The van der Waals surface area contributed by atoms with E-state index < -0.39 is 6.04 Å². The van der Waals surface area contributed by atoms with Gasteiger partial charge in [0.1, 0.15) is 11.3 Å². The first-order valence-corrected chi connectivity index (χ1v) is 11.1. The summed E-state index contributed by atoms with van der Waals surface area (Å²) in [4.78, 5) is 28.8.